The number of thiophene rings is 1. The molecule has 7 nitrogen and oxygen atoms in total. The van der Waals surface area contributed by atoms with E-state index < -0.39 is 11.8 Å². The van der Waals surface area contributed by atoms with E-state index in [0.29, 0.717) is 0 Å². The van der Waals surface area contributed by atoms with E-state index >= 15 is 0 Å². The topological polar surface area (TPSA) is 99.3 Å². The molecule has 0 fully saturated rings. The van der Waals surface area contributed by atoms with Crippen LogP contribution >= 0.6 is 11.3 Å². The number of carbonyl (C=O) groups is 2. The Morgan fingerprint density at radius 1 is 1.12 bits per heavy atom. The fraction of sp³-hybridized carbons (Fsp3) is 0.0588. The number of nitrogens with zero attached hydrogens (tertiary/aromatic N) is 4. The summed E-state index contributed by atoms with van der Waals surface area (Å²) in [5.41, 5.74) is 9.00. The van der Waals surface area contributed by atoms with E-state index in [1.165, 1.54) is 35.8 Å². The maximum Gasteiger partial charge on any atom is 0.296 e. The van der Waals surface area contributed by atoms with Gasteiger partial charge in [-0.15, -0.1) is 11.3 Å². The lowest BCUT2D eigenvalue weighted by molar-refractivity contribution is 0.0586. The van der Waals surface area contributed by atoms with Crippen molar-refractivity contribution >= 4 is 28.8 Å². The van der Waals surface area contributed by atoms with Gasteiger partial charge in [0.2, 0.25) is 0 Å². The maximum absolute atomic E-state index is 13.0. The number of imide groups is 1. The Morgan fingerprint density at radius 2 is 1.96 bits per heavy atom. The van der Waals surface area contributed by atoms with Crippen LogP contribution in [0.1, 0.15) is 25.8 Å². The second kappa shape index (κ2) is 7.48. The van der Waals surface area contributed by atoms with Crippen LogP contribution in [0.5, 0.6) is 0 Å². The van der Waals surface area contributed by atoms with Gasteiger partial charge in [-0.1, -0.05) is 29.4 Å². The fourth-order valence-electron chi connectivity index (χ4n) is 2.26. The SMILES string of the molecule is [N-]=[N+]=Nc1ccccc1C(=O)N(Cc1cccs1)C(=O)c1ccco1. The highest BCUT2D eigenvalue weighted by Gasteiger charge is 2.27. The second-order valence-corrected chi connectivity index (χ2v) is 5.99. The summed E-state index contributed by atoms with van der Waals surface area (Å²) in [5.74, 6) is -1.05. The lowest BCUT2D eigenvalue weighted by Crippen LogP contribution is -2.36. The molecule has 0 aliphatic carbocycles. The molecule has 8 heteroatoms. The summed E-state index contributed by atoms with van der Waals surface area (Å²) in [5, 5.41) is 5.39. The standard InChI is InChI=1S/C17H12N4O3S/c18-20-19-14-7-2-1-6-13(14)16(22)21(11-12-5-4-10-25-12)17(23)15-8-3-9-24-15/h1-10H,11H2. The number of hydrogen-bond donors (Lipinski definition) is 0. The van der Waals surface area contributed by atoms with Crippen molar-refractivity contribution < 1.29 is 14.0 Å². The zero-order valence-electron chi connectivity index (χ0n) is 12.9. The first-order valence-electron chi connectivity index (χ1n) is 7.27. The zero-order valence-corrected chi connectivity index (χ0v) is 13.7. The molecule has 3 rings (SSSR count). The van der Waals surface area contributed by atoms with Crippen LogP contribution in [0.3, 0.4) is 0 Å². The highest BCUT2D eigenvalue weighted by atomic mass is 32.1. The van der Waals surface area contributed by atoms with Crippen molar-refractivity contribution in [3.8, 4) is 0 Å². The number of azide groups is 1. The Balaban J connectivity index is 2.00. The summed E-state index contributed by atoms with van der Waals surface area (Å²) in [7, 11) is 0. The van der Waals surface area contributed by atoms with Crippen LogP contribution in [0.15, 0.2) is 69.7 Å². The molecular weight excluding hydrogens is 340 g/mol. The Morgan fingerprint density at radius 3 is 2.64 bits per heavy atom. The van der Waals surface area contributed by atoms with Crippen LogP contribution in [0, 0.1) is 0 Å². The number of benzene rings is 1. The molecule has 0 radical (unpaired) electrons. The van der Waals surface area contributed by atoms with Crippen molar-refractivity contribution in [2.75, 3.05) is 0 Å². The van der Waals surface area contributed by atoms with Crippen molar-refractivity contribution in [1.82, 2.24) is 4.90 Å². The number of rotatable bonds is 5. The molecule has 2 heterocycles. The molecule has 0 saturated heterocycles. The molecule has 0 spiro atoms. The largest absolute Gasteiger partial charge is 0.459 e. The van der Waals surface area contributed by atoms with Gasteiger partial charge in [-0.05, 0) is 35.2 Å². The molecule has 0 saturated carbocycles. The van der Waals surface area contributed by atoms with E-state index in [-0.39, 0.29) is 23.6 Å². The molecule has 25 heavy (non-hydrogen) atoms. The molecule has 0 unspecified atom stereocenters. The van der Waals surface area contributed by atoms with Gasteiger partial charge in [-0.3, -0.25) is 14.5 Å². The van der Waals surface area contributed by atoms with Gasteiger partial charge in [-0.2, -0.15) is 0 Å². The van der Waals surface area contributed by atoms with Crippen molar-refractivity contribution in [3.05, 3.63) is 86.8 Å². The van der Waals surface area contributed by atoms with E-state index in [0.717, 1.165) is 9.78 Å². The first-order valence-corrected chi connectivity index (χ1v) is 8.15. The zero-order chi connectivity index (χ0) is 17.6. The Kier molecular flexibility index (Phi) is 4.94. The first kappa shape index (κ1) is 16.5. The normalized spacial score (nSPS) is 10.1. The summed E-state index contributed by atoms with van der Waals surface area (Å²) in [6.45, 7) is 0.0979. The average molecular weight is 352 g/mol. The number of amides is 2. The summed E-state index contributed by atoms with van der Waals surface area (Å²) in [6, 6.07) is 13.1. The van der Waals surface area contributed by atoms with Crippen molar-refractivity contribution in [2.45, 2.75) is 6.54 Å². The molecule has 0 N–H and O–H groups in total. The predicted molar refractivity (Wildman–Crippen MR) is 92.5 cm³/mol. The molecule has 1 aromatic carbocycles. The number of carbonyl (C=O) groups excluding carboxylic acids is 2. The summed E-state index contributed by atoms with van der Waals surface area (Å²) in [6.07, 6.45) is 1.37. The van der Waals surface area contributed by atoms with Gasteiger partial charge < -0.3 is 4.42 Å². The summed E-state index contributed by atoms with van der Waals surface area (Å²) >= 11 is 1.43. The van der Waals surface area contributed by atoms with E-state index in [4.69, 9.17) is 9.95 Å². The third-order valence-electron chi connectivity index (χ3n) is 3.40. The number of hydrogen-bond acceptors (Lipinski definition) is 5. The molecule has 2 aromatic heterocycles. The van der Waals surface area contributed by atoms with E-state index in [9.17, 15) is 9.59 Å². The van der Waals surface area contributed by atoms with Crippen LogP contribution in [0.4, 0.5) is 5.69 Å². The quantitative estimate of drug-likeness (QED) is 0.286. The molecule has 0 atom stereocenters. The first-order chi connectivity index (χ1) is 12.2. The molecule has 0 aliphatic rings. The minimum absolute atomic E-state index is 0.0613. The van der Waals surface area contributed by atoms with Crippen molar-refractivity contribution in [1.29, 1.82) is 0 Å². The lowest BCUT2D eigenvalue weighted by atomic mass is 10.1. The van der Waals surface area contributed by atoms with Crippen molar-refractivity contribution in [3.63, 3.8) is 0 Å². The smallest absolute Gasteiger partial charge is 0.296 e. The Bertz CT molecular complexity index is 929. The highest BCUT2D eigenvalue weighted by Crippen LogP contribution is 2.24. The lowest BCUT2D eigenvalue weighted by Gasteiger charge is -2.20. The molecule has 2 amide bonds. The predicted octanol–water partition coefficient (Wildman–Crippen LogP) is 4.77. The third-order valence-corrected chi connectivity index (χ3v) is 4.26. The van der Waals surface area contributed by atoms with Crippen molar-refractivity contribution in [2.24, 2.45) is 5.11 Å². The van der Waals surface area contributed by atoms with Crippen LogP contribution in [-0.2, 0) is 6.54 Å². The average Bonchev–Trinajstić information content (AvgIpc) is 3.33. The monoisotopic (exact) mass is 352 g/mol. The van der Waals surface area contributed by atoms with Gasteiger partial charge in [0.1, 0.15) is 0 Å². The molecular formula is C17H12N4O3S. The fourth-order valence-corrected chi connectivity index (χ4v) is 2.96. The Labute approximate surface area is 146 Å². The van der Waals surface area contributed by atoms with Gasteiger partial charge in [-0.25, -0.2) is 0 Å². The Hall–Kier alpha value is -3.35. The minimum Gasteiger partial charge on any atom is -0.459 e. The van der Waals surface area contributed by atoms with E-state index in [2.05, 4.69) is 10.0 Å². The van der Waals surface area contributed by atoms with Crippen LogP contribution in [-0.4, -0.2) is 16.7 Å². The minimum atomic E-state index is -0.558. The maximum atomic E-state index is 13.0. The second-order valence-electron chi connectivity index (χ2n) is 4.96. The van der Waals surface area contributed by atoms with Crippen LogP contribution in [0.2, 0.25) is 0 Å². The number of furan rings is 1. The van der Waals surface area contributed by atoms with E-state index in [1.807, 2.05) is 17.5 Å². The van der Waals surface area contributed by atoms with Crippen LogP contribution in [0.25, 0.3) is 10.4 Å². The summed E-state index contributed by atoms with van der Waals surface area (Å²) in [4.78, 5) is 30.4. The van der Waals surface area contributed by atoms with Gasteiger partial charge in [0.05, 0.1) is 18.5 Å². The molecule has 124 valence electrons. The third kappa shape index (κ3) is 3.60. The molecule has 3 aromatic rings. The van der Waals surface area contributed by atoms with Gasteiger partial charge in [0.25, 0.3) is 11.8 Å². The van der Waals surface area contributed by atoms with Gasteiger partial charge >= 0.3 is 0 Å². The van der Waals surface area contributed by atoms with Gasteiger partial charge in [0, 0.05) is 15.4 Å². The van der Waals surface area contributed by atoms with Crippen LogP contribution < -0.4 is 0 Å². The summed E-state index contributed by atoms with van der Waals surface area (Å²) < 4.78 is 5.14. The molecule has 0 bridgehead atoms. The molecule has 0 aliphatic heterocycles. The van der Waals surface area contributed by atoms with E-state index in [1.54, 1.807) is 18.2 Å². The van der Waals surface area contributed by atoms with Gasteiger partial charge in [0.15, 0.2) is 5.76 Å². The highest BCUT2D eigenvalue weighted by molar-refractivity contribution is 7.09.